The zero-order chi connectivity index (χ0) is 13.1. The van der Waals surface area contributed by atoms with Gasteiger partial charge in [0.1, 0.15) is 5.82 Å². The Hall–Kier alpha value is -0.870. The van der Waals surface area contributed by atoms with Crippen LogP contribution in [0.3, 0.4) is 0 Å². The first-order chi connectivity index (χ1) is 8.58. The molecule has 4 heteroatoms. The van der Waals surface area contributed by atoms with Crippen molar-refractivity contribution in [2.24, 2.45) is 0 Å². The van der Waals surface area contributed by atoms with E-state index in [1.54, 1.807) is 19.1 Å². The molecule has 0 aliphatic heterocycles. The highest BCUT2D eigenvalue weighted by Gasteiger charge is 2.05. The van der Waals surface area contributed by atoms with Crippen molar-refractivity contribution in [1.29, 1.82) is 0 Å². The van der Waals surface area contributed by atoms with Crippen molar-refractivity contribution < 1.29 is 4.39 Å². The maximum atomic E-state index is 13.4. The fourth-order valence-corrected chi connectivity index (χ4v) is 2.88. The van der Waals surface area contributed by atoms with Gasteiger partial charge in [0, 0.05) is 15.5 Å². The third kappa shape index (κ3) is 3.12. The van der Waals surface area contributed by atoms with E-state index in [0.717, 1.165) is 20.2 Å². The Morgan fingerprint density at radius 3 is 2.39 bits per heavy atom. The summed E-state index contributed by atoms with van der Waals surface area (Å²) in [5, 5.41) is 3.28. The fourth-order valence-electron chi connectivity index (χ4n) is 1.60. The Labute approximate surface area is 123 Å². The Kier molecular flexibility index (Phi) is 4.40. The van der Waals surface area contributed by atoms with Gasteiger partial charge in [-0.3, -0.25) is 0 Å². The zero-order valence-corrected chi connectivity index (χ0v) is 13.0. The van der Waals surface area contributed by atoms with Crippen LogP contribution < -0.4 is 5.32 Å². The van der Waals surface area contributed by atoms with Gasteiger partial charge in [-0.2, -0.15) is 0 Å². The second-order valence-corrected chi connectivity index (χ2v) is 5.74. The average molecular weight is 373 g/mol. The lowest BCUT2D eigenvalue weighted by Gasteiger charge is -2.11. The minimum Gasteiger partial charge on any atom is -0.379 e. The third-order valence-corrected chi connectivity index (χ3v) is 3.99. The Balaban J connectivity index is 2.14. The van der Waals surface area contributed by atoms with Crippen LogP contribution >= 0.6 is 31.9 Å². The molecule has 0 aromatic heterocycles. The molecule has 2 aromatic rings. The van der Waals surface area contributed by atoms with Crippen LogP contribution in [0, 0.1) is 12.7 Å². The normalized spacial score (nSPS) is 10.4. The van der Waals surface area contributed by atoms with Gasteiger partial charge in [0.2, 0.25) is 0 Å². The summed E-state index contributed by atoms with van der Waals surface area (Å²) in [6.07, 6.45) is 0. The highest BCUT2D eigenvalue weighted by Crippen LogP contribution is 2.30. The predicted octanol–water partition coefficient (Wildman–Crippen LogP) is 5.27. The fraction of sp³-hybridized carbons (Fsp3) is 0.143. The molecule has 18 heavy (non-hydrogen) atoms. The Morgan fingerprint density at radius 2 is 1.78 bits per heavy atom. The predicted molar refractivity (Wildman–Crippen MR) is 80.3 cm³/mol. The van der Waals surface area contributed by atoms with Crippen molar-refractivity contribution in [2.75, 3.05) is 5.32 Å². The van der Waals surface area contributed by atoms with E-state index in [4.69, 9.17) is 0 Å². The molecule has 1 N–H and O–H groups in total. The van der Waals surface area contributed by atoms with Gasteiger partial charge in [-0.1, -0.05) is 18.2 Å². The summed E-state index contributed by atoms with van der Waals surface area (Å²) >= 11 is 6.96. The van der Waals surface area contributed by atoms with Crippen LogP contribution in [0.2, 0.25) is 0 Å². The van der Waals surface area contributed by atoms with Gasteiger partial charge in [-0.05, 0) is 68.1 Å². The van der Waals surface area contributed by atoms with Gasteiger partial charge in [0.05, 0.1) is 5.69 Å². The van der Waals surface area contributed by atoms with Crippen molar-refractivity contribution in [3.05, 3.63) is 62.3 Å². The average Bonchev–Trinajstić information content (AvgIpc) is 2.33. The number of rotatable bonds is 3. The Bertz CT molecular complexity index is 549. The van der Waals surface area contributed by atoms with E-state index >= 15 is 0 Å². The first-order valence-corrected chi connectivity index (χ1v) is 7.09. The number of hydrogen-bond acceptors (Lipinski definition) is 1. The molecule has 0 aliphatic rings. The summed E-state index contributed by atoms with van der Waals surface area (Å²) in [6.45, 7) is 2.34. The minimum absolute atomic E-state index is 0.166. The molecule has 1 nitrogen and oxygen atoms in total. The second kappa shape index (κ2) is 5.85. The van der Waals surface area contributed by atoms with Crippen molar-refractivity contribution in [2.45, 2.75) is 13.5 Å². The first-order valence-electron chi connectivity index (χ1n) is 5.51. The van der Waals surface area contributed by atoms with Crippen molar-refractivity contribution in [1.82, 2.24) is 0 Å². The molecule has 94 valence electrons. The standard InChI is InChI=1S/C14H12Br2FN/c1-9-5-6-10(7-13(9)17)8-18-14-11(15)3-2-4-12(14)16/h2-7,18H,8H2,1H3. The van der Waals surface area contributed by atoms with Crippen LogP contribution in [-0.2, 0) is 6.54 Å². The van der Waals surface area contributed by atoms with Gasteiger partial charge < -0.3 is 5.32 Å². The maximum Gasteiger partial charge on any atom is 0.126 e. The lowest BCUT2D eigenvalue weighted by molar-refractivity contribution is 0.616. The molecular formula is C14H12Br2FN. The molecule has 0 saturated heterocycles. The number of anilines is 1. The van der Waals surface area contributed by atoms with Gasteiger partial charge in [-0.15, -0.1) is 0 Å². The highest BCUT2D eigenvalue weighted by molar-refractivity contribution is 9.11. The number of aryl methyl sites for hydroxylation is 1. The zero-order valence-electron chi connectivity index (χ0n) is 9.81. The SMILES string of the molecule is Cc1ccc(CNc2c(Br)cccc2Br)cc1F. The van der Waals surface area contributed by atoms with Crippen molar-refractivity contribution >= 4 is 37.5 Å². The lowest BCUT2D eigenvalue weighted by atomic mass is 10.1. The molecule has 0 saturated carbocycles. The van der Waals surface area contributed by atoms with Gasteiger partial charge >= 0.3 is 0 Å². The summed E-state index contributed by atoms with van der Waals surface area (Å²) in [6, 6.07) is 11.2. The summed E-state index contributed by atoms with van der Waals surface area (Å²) in [5.41, 5.74) is 2.56. The molecule has 2 aromatic carbocycles. The van der Waals surface area contributed by atoms with E-state index in [9.17, 15) is 4.39 Å². The molecule has 0 fully saturated rings. The van der Waals surface area contributed by atoms with Crippen molar-refractivity contribution in [3.63, 3.8) is 0 Å². The van der Waals surface area contributed by atoms with E-state index in [1.165, 1.54) is 0 Å². The molecule has 0 bridgehead atoms. The summed E-state index contributed by atoms with van der Waals surface area (Å²) < 4.78 is 15.4. The van der Waals surface area contributed by atoms with Gasteiger partial charge in [-0.25, -0.2) is 4.39 Å². The number of hydrogen-bond donors (Lipinski definition) is 1. The third-order valence-electron chi connectivity index (χ3n) is 2.67. The monoisotopic (exact) mass is 371 g/mol. The lowest BCUT2D eigenvalue weighted by Crippen LogP contribution is -2.01. The molecule has 2 rings (SSSR count). The van der Waals surface area contributed by atoms with E-state index in [0.29, 0.717) is 12.1 Å². The smallest absolute Gasteiger partial charge is 0.126 e. The van der Waals surface area contributed by atoms with Crippen LogP contribution in [0.4, 0.5) is 10.1 Å². The van der Waals surface area contributed by atoms with Crippen LogP contribution in [0.25, 0.3) is 0 Å². The molecular weight excluding hydrogens is 361 g/mol. The largest absolute Gasteiger partial charge is 0.379 e. The van der Waals surface area contributed by atoms with Crippen LogP contribution in [-0.4, -0.2) is 0 Å². The first kappa shape index (κ1) is 13.6. The minimum atomic E-state index is -0.166. The summed E-state index contributed by atoms with van der Waals surface area (Å²) in [7, 11) is 0. The van der Waals surface area contributed by atoms with E-state index < -0.39 is 0 Å². The molecule has 0 radical (unpaired) electrons. The van der Waals surface area contributed by atoms with Crippen LogP contribution in [0.1, 0.15) is 11.1 Å². The van der Waals surface area contributed by atoms with E-state index in [1.807, 2.05) is 24.3 Å². The molecule has 0 unspecified atom stereocenters. The number of para-hydroxylation sites is 1. The molecule has 0 atom stereocenters. The molecule has 0 amide bonds. The number of halogens is 3. The van der Waals surface area contributed by atoms with Gasteiger partial charge in [0.15, 0.2) is 0 Å². The van der Waals surface area contributed by atoms with Crippen molar-refractivity contribution in [3.8, 4) is 0 Å². The number of benzene rings is 2. The quantitative estimate of drug-likeness (QED) is 0.773. The van der Waals surface area contributed by atoms with E-state index in [-0.39, 0.29) is 5.82 Å². The molecule has 0 aliphatic carbocycles. The van der Waals surface area contributed by atoms with Crippen LogP contribution in [0.15, 0.2) is 45.3 Å². The topological polar surface area (TPSA) is 12.0 Å². The highest BCUT2D eigenvalue weighted by atomic mass is 79.9. The molecule has 0 heterocycles. The van der Waals surface area contributed by atoms with Gasteiger partial charge in [0.25, 0.3) is 0 Å². The summed E-state index contributed by atoms with van der Waals surface area (Å²) in [4.78, 5) is 0. The number of nitrogens with one attached hydrogen (secondary N) is 1. The maximum absolute atomic E-state index is 13.4. The second-order valence-electron chi connectivity index (χ2n) is 4.03. The Morgan fingerprint density at radius 1 is 1.11 bits per heavy atom. The summed E-state index contributed by atoms with van der Waals surface area (Å²) in [5.74, 6) is -0.166. The van der Waals surface area contributed by atoms with Crippen LogP contribution in [0.5, 0.6) is 0 Å². The molecule has 0 spiro atoms. The van der Waals surface area contributed by atoms with E-state index in [2.05, 4.69) is 37.2 Å².